The molecule has 0 atom stereocenters. The lowest BCUT2D eigenvalue weighted by atomic mass is 10.3. The van der Waals surface area contributed by atoms with Crippen molar-refractivity contribution in [1.29, 1.82) is 0 Å². The largest absolute Gasteiger partial charge is 0.393 e. The molecule has 3 N–H and O–H groups in total. The highest BCUT2D eigenvalue weighted by molar-refractivity contribution is 6.43. The lowest BCUT2D eigenvalue weighted by molar-refractivity contribution is 0.190. The van der Waals surface area contributed by atoms with Crippen molar-refractivity contribution >= 4 is 46.2 Å². The number of benzene rings is 1. The molecular formula is C16H21Cl2N5O2. The summed E-state index contributed by atoms with van der Waals surface area (Å²) in [4.78, 5) is 10.5. The number of anilines is 4. The summed E-state index contributed by atoms with van der Waals surface area (Å²) in [5.41, 5.74) is 7.30. The molecule has 7 nitrogen and oxygen atoms in total. The number of hydrogen-bond acceptors (Lipinski definition) is 7. The van der Waals surface area contributed by atoms with E-state index in [1.54, 1.807) is 32.4 Å². The van der Waals surface area contributed by atoms with Gasteiger partial charge in [0, 0.05) is 27.3 Å². The Balaban J connectivity index is 2.29. The normalized spacial score (nSPS) is 10.7. The second kappa shape index (κ2) is 9.62. The molecule has 0 aliphatic carbocycles. The van der Waals surface area contributed by atoms with Crippen molar-refractivity contribution in [3.63, 3.8) is 0 Å². The lowest BCUT2D eigenvalue weighted by Gasteiger charge is -2.25. The van der Waals surface area contributed by atoms with Gasteiger partial charge in [-0.2, -0.15) is 0 Å². The third-order valence-electron chi connectivity index (χ3n) is 3.50. The Morgan fingerprint density at radius 2 is 1.80 bits per heavy atom. The van der Waals surface area contributed by atoms with Crippen molar-refractivity contribution in [2.45, 2.75) is 0 Å². The van der Waals surface area contributed by atoms with E-state index in [4.69, 9.17) is 38.4 Å². The van der Waals surface area contributed by atoms with Gasteiger partial charge in [0.1, 0.15) is 12.0 Å². The molecule has 0 fully saturated rings. The van der Waals surface area contributed by atoms with Gasteiger partial charge in [-0.1, -0.05) is 29.3 Å². The number of ether oxygens (including phenoxy) is 2. The maximum absolute atomic E-state index is 6.28. The van der Waals surface area contributed by atoms with Crippen LogP contribution >= 0.6 is 23.2 Å². The Hall–Kier alpha value is -1.80. The van der Waals surface area contributed by atoms with Crippen LogP contribution < -0.4 is 16.0 Å². The minimum absolute atomic E-state index is 0.402. The molecule has 2 aromatic rings. The van der Waals surface area contributed by atoms with Crippen LogP contribution in [-0.4, -0.2) is 50.5 Å². The predicted molar refractivity (Wildman–Crippen MR) is 102 cm³/mol. The molecule has 0 bridgehead atoms. The zero-order chi connectivity index (χ0) is 18.2. The fourth-order valence-electron chi connectivity index (χ4n) is 2.19. The fraction of sp³-hybridized carbons (Fsp3) is 0.375. The minimum atomic E-state index is 0.402. The zero-order valence-corrected chi connectivity index (χ0v) is 15.6. The van der Waals surface area contributed by atoms with Gasteiger partial charge >= 0.3 is 0 Å². The molecule has 0 saturated carbocycles. The molecule has 25 heavy (non-hydrogen) atoms. The monoisotopic (exact) mass is 385 g/mol. The van der Waals surface area contributed by atoms with Crippen molar-refractivity contribution in [3.05, 3.63) is 34.6 Å². The predicted octanol–water partition coefficient (Wildman–Crippen LogP) is 3.21. The van der Waals surface area contributed by atoms with E-state index >= 15 is 0 Å². The van der Waals surface area contributed by atoms with Crippen LogP contribution in [0.2, 0.25) is 10.0 Å². The first-order chi connectivity index (χ1) is 12.1. The van der Waals surface area contributed by atoms with Gasteiger partial charge in [-0.05, 0) is 12.1 Å². The molecule has 1 aromatic heterocycles. The lowest BCUT2D eigenvalue weighted by Crippen LogP contribution is -2.32. The molecule has 0 aliphatic heterocycles. The second-order valence-corrected chi connectivity index (χ2v) is 5.94. The highest BCUT2D eigenvalue weighted by atomic mass is 35.5. The topological polar surface area (TPSA) is 85.5 Å². The molecule has 0 spiro atoms. The highest BCUT2D eigenvalue weighted by Crippen LogP contribution is 2.34. The number of halogens is 2. The van der Waals surface area contributed by atoms with Gasteiger partial charge in [0.05, 0.1) is 28.9 Å². The Labute approximate surface area is 157 Å². The van der Waals surface area contributed by atoms with Crippen molar-refractivity contribution in [1.82, 2.24) is 9.97 Å². The molecule has 0 saturated heterocycles. The van der Waals surface area contributed by atoms with E-state index in [0.717, 1.165) is 0 Å². The Bertz CT molecular complexity index is 694. The number of aromatic nitrogens is 2. The average Bonchev–Trinajstić information content (AvgIpc) is 2.61. The van der Waals surface area contributed by atoms with Gasteiger partial charge in [-0.3, -0.25) is 0 Å². The third kappa shape index (κ3) is 5.09. The summed E-state index contributed by atoms with van der Waals surface area (Å²) in [5.74, 6) is 1.05. The summed E-state index contributed by atoms with van der Waals surface area (Å²) in [5, 5.41) is 3.95. The molecule has 0 amide bonds. The summed E-state index contributed by atoms with van der Waals surface area (Å²) in [6.07, 6.45) is 1.44. The number of nitrogens with one attached hydrogen (secondary N) is 1. The van der Waals surface area contributed by atoms with Crippen molar-refractivity contribution in [2.24, 2.45) is 0 Å². The summed E-state index contributed by atoms with van der Waals surface area (Å²) < 4.78 is 10.3. The van der Waals surface area contributed by atoms with Crippen LogP contribution in [-0.2, 0) is 9.47 Å². The molecule has 0 aliphatic rings. The van der Waals surface area contributed by atoms with E-state index in [1.165, 1.54) is 6.33 Å². The van der Waals surface area contributed by atoms with E-state index in [0.29, 0.717) is 59.4 Å². The minimum Gasteiger partial charge on any atom is -0.393 e. The van der Waals surface area contributed by atoms with Gasteiger partial charge in [0.15, 0.2) is 11.6 Å². The van der Waals surface area contributed by atoms with E-state index < -0.39 is 0 Å². The van der Waals surface area contributed by atoms with Gasteiger partial charge in [0.2, 0.25) is 0 Å². The molecule has 1 heterocycles. The van der Waals surface area contributed by atoms with Crippen molar-refractivity contribution in [3.8, 4) is 0 Å². The number of rotatable bonds is 9. The number of nitrogens with two attached hydrogens (primary N) is 1. The van der Waals surface area contributed by atoms with Gasteiger partial charge in [-0.15, -0.1) is 0 Å². The SMILES string of the molecule is COCCN(CCOC)c1ncnc(Nc2cccc(Cl)c2Cl)c1N. The van der Waals surface area contributed by atoms with E-state index in [-0.39, 0.29) is 0 Å². The van der Waals surface area contributed by atoms with Crippen LogP contribution in [0.25, 0.3) is 0 Å². The number of nitrogen functional groups attached to an aromatic ring is 1. The van der Waals surface area contributed by atoms with Crippen molar-refractivity contribution < 1.29 is 9.47 Å². The van der Waals surface area contributed by atoms with Gasteiger partial charge in [0.25, 0.3) is 0 Å². The Morgan fingerprint density at radius 3 is 2.44 bits per heavy atom. The van der Waals surface area contributed by atoms with E-state index in [9.17, 15) is 0 Å². The molecular weight excluding hydrogens is 365 g/mol. The fourth-order valence-corrected chi connectivity index (χ4v) is 2.54. The zero-order valence-electron chi connectivity index (χ0n) is 14.1. The Kier molecular flexibility index (Phi) is 7.52. The van der Waals surface area contributed by atoms with Crippen LogP contribution in [0.4, 0.5) is 23.0 Å². The smallest absolute Gasteiger partial charge is 0.159 e. The van der Waals surface area contributed by atoms with Crippen molar-refractivity contribution in [2.75, 3.05) is 56.5 Å². The summed E-state index contributed by atoms with van der Waals surface area (Å²) in [6, 6.07) is 5.29. The second-order valence-electron chi connectivity index (χ2n) is 5.16. The van der Waals surface area contributed by atoms with Crippen LogP contribution in [0.3, 0.4) is 0 Å². The average molecular weight is 386 g/mol. The molecule has 2 rings (SSSR count). The van der Waals surface area contributed by atoms with E-state index in [1.807, 2.05) is 4.90 Å². The van der Waals surface area contributed by atoms with Gasteiger partial charge < -0.3 is 25.4 Å². The maximum atomic E-state index is 6.28. The molecule has 9 heteroatoms. The van der Waals surface area contributed by atoms with Crippen LogP contribution in [0.15, 0.2) is 24.5 Å². The van der Waals surface area contributed by atoms with Crippen LogP contribution in [0.5, 0.6) is 0 Å². The number of nitrogens with zero attached hydrogens (tertiary/aromatic N) is 3. The van der Waals surface area contributed by atoms with E-state index in [2.05, 4.69) is 15.3 Å². The first kappa shape index (κ1) is 19.5. The first-order valence-electron chi connectivity index (χ1n) is 7.62. The van der Waals surface area contributed by atoms with Gasteiger partial charge in [-0.25, -0.2) is 9.97 Å². The maximum Gasteiger partial charge on any atom is 0.159 e. The standard InChI is InChI=1S/C16H21Cl2N5O2/c1-24-8-6-23(7-9-25-2)16-14(19)15(20-10-21-16)22-12-5-3-4-11(17)13(12)18/h3-5,10H,6-9,19H2,1-2H3,(H,20,21,22). The Morgan fingerprint density at radius 1 is 1.12 bits per heavy atom. The highest BCUT2D eigenvalue weighted by Gasteiger charge is 2.16. The molecule has 1 aromatic carbocycles. The molecule has 136 valence electrons. The van der Waals surface area contributed by atoms with Crippen LogP contribution in [0.1, 0.15) is 0 Å². The summed E-state index contributed by atoms with van der Waals surface area (Å²) in [6.45, 7) is 2.32. The first-order valence-corrected chi connectivity index (χ1v) is 8.38. The molecule has 0 radical (unpaired) electrons. The third-order valence-corrected chi connectivity index (χ3v) is 4.32. The number of methoxy groups -OCH3 is 2. The summed E-state index contributed by atoms with van der Waals surface area (Å²) in [7, 11) is 3.29. The quantitative estimate of drug-likeness (QED) is 0.685. The molecule has 0 unspecified atom stereocenters. The summed E-state index contributed by atoms with van der Waals surface area (Å²) >= 11 is 12.3. The van der Waals surface area contributed by atoms with Crippen LogP contribution in [0, 0.1) is 0 Å². The number of hydrogen-bond donors (Lipinski definition) is 2.